The molecule has 0 bridgehead atoms. The van der Waals surface area contributed by atoms with Gasteiger partial charge in [-0.25, -0.2) is 13.2 Å². The smallest absolute Gasteiger partial charge is 0.339 e. The number of esters is 1. The van der Waals surface area contributed by atoms with Crippen molar-refractivity contribution in [3.63, 3.8) is 0 Å². The maximum absolute atomic E-state index is 13.8. The van der Waals surface area contributed by atoms with Crippen LogP contribution >= 0.6 is 11.3 Å². The molecule has 2 aromatic heterocycles. The Morgan fingerprint density at radius 1 is 0.972 bits per heavy atom. The van der Waals surface area contributed by atoms with Gasteiger partial charge in [0.1, 0.15) is 0 Å². The van der Waals surface area contributed by atoms with Gasteiger partial charge >= 0.3 is 5.97 Å². The molecule has 1 N–H and O–H groups in total. The number of carbonyl (C=O) groups is 1. The lowest BCUT2D eigenvalue weighted by molar-refractivity contribution is 0.0596. The molecule has 4 aromatic rings. The minimum Gasteiger partial charge on any atom is -0.493 e. The number of thiophene rings is 1. The molecule has 36 heavy (non-hydrogen) atoms. The zero-order valence-corrected chi connectivity index (χ0v) is 21.4. The molecule has 0 saturated heterocycles. The van der Waals surface area contributed by atoms with Gasteiger partial charge in [0, 0.05) is 35.0 Å². The van der Waals surface area contributed by atoms with Crippen LogP contribution in [0.3, 0.4) is 0 Å². The first-order valence-corrected chi connectivity index (χ1v) is 13.1. The van der Waals surface area contributed by atoms with E-state index in [1.54, 1.807) is 30.3 Å². The first-order chi connectivity index (χ1) is 17.3. The summed E-state index contributed by atoms with van der Waals surface area (Å²) in [5.74, 6) is 0.155. The van der Waals surface area contributed by atoms with E-state index in [1.807, 2.05) is 11.4 Å². The van der Waals surface area contributed by atoms with Crippen molar-refractivity contribution in [3.8, 4) is 11.5 Å². The number of benzene rings is 2. The lowest BCUT2D eigenvalue weighted by Gasteiger charge is -2.23. The summed E-state index contributed by atoms with van der Waals surface area (Å²) in [7, 11) is -0.0254. The highest BCUT2D eigenvalue weighted by atomic mass is 32.2. The van der Waals surface area contributed by atoms with Crippen LogP contribution in [-0.4, -0.2) is 45.0 Å². The zero-order chi connectivity index (χ0) is 25.9. The van der Waals surface area contributed by atoms with E-state index in [2.05, 4.69) is 4.98 Å². The second kappa shape index (κ2) is 10.5. The molecule has 11 heteroatoms. The van der Waals surface area contributed by atoms with E-state index in [4.69, 9.17) is 14.2 Å². The summed E-state index contributed by atoms with van der Waals surface area (Å²) in [6, 6.07) is 14.4. The Balaban J connectivity index is 1.82. The Bertz CT molecular complexity index is 1560. The van der Waals surface area contributed by atoms with Gasteiger partial charge in [-0.3, -0.25) is 4.79 Å². The number of nitrogens with zero attached hydrogens (tertiary/aromatic N) is 1. The van der Waals surface area contributed by atoms with E-state index in [0.29, 0.717) is 22.4 Å². The first kappa shape index (κ1) is 25.4. The van der Waals surface area contributed by atoms with Crippen molar-refractivity contribution in [3.05, 3.63) is 86.3 Å². The molecule has 0 aliphatic carbocycles. The van der Waals surface area contributed by atoms with Gasteiger partial charge in [0.25, 0.3) is 5.56 Å². The maximum Gasteiger partial charge on any atom is 0.339 e. The minimum atomic E-state index is -4.21. The number of hydrogen-bond donors (Lipinski definition) is 1. The second-order valence-corrected chi connectivity index (χ2v) is 10.7. The number of pyridine rings is 1. The van der Waals surface area contributed by atoms with Gasteiger partial charge in [0.15, 0.2) is 11.5 Å². The van der Waals surface area contributed by atoms with Crippen LogP contribution in [0, 0.1) is 0 Å². The zero-order valence-electron chi connectivity index (χ0n) is 19.8. The van der Waals surface area contributed by atoms with Crippen LogP contribution in [0.1, 0.15) is 20.8 Å². The predicted molar refractivity (Wildman–Crippen MR) is 136 cm³/mol. The molecule has 0 fully saturated rings. The molecule has 0 spiro atoms. The monoisotopic (exact) mass is 528 g/mol. The number of rotatable bonds is 9. The number of methoxy groups -OCH3 is 3. The number of hydrogen-bond acceptors (Lipinski definition) is 8. The Kier molecular flexibility index (Phi) is 7.43. The second-order valence-electron chi connectivity index (χ2n) is 7.76. The summed E-state index contributed by atoms with van der Waals surface area (Å²) in [4.78, 5) is 28.7. The van der Waals surface area contributed by atoms with Crippen molar-refractivity contribution in [1.82, 2.24) is 9.29 Å². The summed E-state index contributed by atoms with van der Waals surface area (Å²) in [6.45, 7) is -0.214. The van der Waals surface area contributed by atoms with Crippen molar-refractivity contribution in [1.29, 1.82) is 0 Å². The molecule has 0 saturated carbocycles. The molecule has 4 rings (SSSR count). The normalized spacial score (nSPS) is 11.6. The van der Waals surface area contributed by atoms with Crippen molar-refractivity contribution in [2.75, 3.05) is 21.3 Å². The van der Waals surface area contributed by atoms with Crippen LogP contribution < -0.4 is 15.0 Å². The fourth-order valence-corrected chi connectivity index (χ4v) is 6.17. The number of aromatic nitrogens is 1. The third-order valence-corrected chi connectivity index (χ3v) is 8.31. The van der Waals surface area contributed by atoms with E-state index >= 15 is 0 Å². The van der Waals surface area contributed by atoms with Crippen LogP contribution in [0.4, 0.5) is 0 Å². The maximum atomic E-state index is 13.8. The van der Waals surface area contributed by atoms with Crippen LogP contribution in [0.2, 0.25) is 0 Å². The molecule has 9 nitrogen and oxygen atoms in total. The van der Waals surface area contributed by atoms with E-state index in [0.717, 1.165) is 4.88 Å². The van der Waals surface area contributed by atoms with E-state index < -0.39 is 21.6 Å². The van der Waals surface area contributed by atoms with Gasteiger partial charge in [0.2, 0.25) is 10.0 Å². The number of nitrogens with one attached hydrogen (secondary N) is 1. The fourth-order valence-electron chi connectivity index (χ4n) is 3.80. The van der Waals surface area contributed by atoms with Crippen molar-refractivity contribution < 1.29 is 27.4 Å². The lowest BCUT2D eigenvalue weighted by Crippen LogP contribution is -2.33. The summed E-state index contributed by atoms with van der Waals surface area (Å²) in [6.07, 6.45) is 0. The largest absolute Gasteiger partial charge is 0.493 e. The fraction of sp³-hybridized carbons (Fsp3) is 0.200. The molecule has 0 amide bonds. The molecule has 0 unspecified atom stereocenters. The molecule has 2 aromatic carbocycles. The third-order valence-electron chi connectivity index (χ3n) is 5.59. The summed E-state index contributed by atoms with van der Waals surface area (Å²) >= 11 is 1.39. The van der Waals surface area contributed by atoms with Gasteiger partial charge in [0.05, 0.1) is 37.3 Å². The third kappa shape index (κ3) is 4.99. The number of ether oxygens (including phenoxy) is 3. The van der Waals surface area contributed by atoms with Crippen molar-refractivity contribution in [2.45, 2.75) is 18.0 Å². The molecule has 2 heterocycles. The Morgan fingerprint density at radius 2 is 1.69 bits per heavy atom. The molecule has 0 aliphatic heterocycles. The van der Waals surface area contributed by atoms with Gasteiger partial charge in [-0.05, 0) is 35.7 Å². The highest BCUT2D eigenvalue weighted by molar-refractivity contribution is 7.89. The number of fused-ring (bicyclic) bond motifs is 1. The van der Waals surface area contributed by atoms with Crippen molar-refractivity contribution >= 4 is 38.2 Å². The summed E-state index contributed by atoms with van der Waals surface area (Å²) < 4.78 is 44.3. The molecule has 0 atom stereocenters. The first-order valence-electron chi connectivity index (χ1n) is 10.8. The number of aromatic amines is 1. The summed E-state index contributed by atoms with van der Waals surface area (Å²) in [5, 5.41) is 2.48. The summed E-state index contributed by atoms with van der Waals surface area (Å²) in [5.41, 5.74) is 0.221. The number of H-pyrrole nitrogens is 1. The van der Waals surface area contributed by atoms with Gasteiger partial charge in [-0.1, -0.05) is 18.2 Å². The molecule has 188 valence electrons. The molecular weight excluding hydrogens is 504 g/mol. The van der Waals surface area contributed by atoms with Crippen molar-refractivity contribution in [2.24, 2.45) is 0 Å². The van der Waals surface area contributed by atoms with Crippen LogP contribution in [0.25, 0.3) is 10.9 Å². The topological polar surface area (TPSA) is 115 Å². The Morgan fingerprint density at radius 3 is 2.36 bits per heavy atom. The van der Waals surface area contributed by atoms with Crippen LogP contribution in [0.15, 0.2) is 69.7 Å². The highest BCUT2D eigenvalue weighted by Crippen LogP contribution is 2.32. The lowest BCUT2D eigenvalue weighted by atomic mass is 10.1. The quantitative estimate of drug-likeness (QED) is 0.329. The predicted octanol–water partition coefficient (Wildman–Crippen LogP) is 3.78. The average Bonchev–Trinajstić information content (AvgIpc) is 3.40. The van der Waals surface area contributed by atoms with Gasteiger partial charge in [-0.2, -0.15) is 4.31 Å². The Labute approximate surface area is 211 Å². The standard InChI is InChI=1S/C25H24N2O7S2/c1-32-21-12-16-11-17(24(28)26-20(16)13-22(21)33-2)14-27(15-18-7-6-10-35-18)36(30,31)23-9-5-4-8-19(23)25(29)34-3/h4-13H,14-15H2,1-3H3,(H,26,28). The molecular formula is C25H24N2O7S2. The number of carbonyl (C=O) groups excluding carboxylic acids is 1. The SMILES string of the molecule is COC(=O)c1ccccc1S(=O)(=O)N(Cc1cccs1)Cc1cc2cc(OC)c(OC)cc2[nH]c1=O. The minimum absolute atomic E-state index is 0.0128. The number of sulfonamides is 1. The highest BCUT2D eigenvalue weighted by Gasteiger charge is 2.30. The molecule has 0 radical (unpaired) electrons. The van der Waals surface area contributed by atoms with Crippen LogP contribution in [0.5, 0.6) is 11.5 Å². The Hall–Kier alpha value is -3.67. The van der Waals surface area contributed by atoms with Crippen LogP contribution in [-0.2, 0) is 27.8 Å². The van der Waals surface area contributed by atoms with Gasteiger partial charge < -0.3 is 19.2 Å². The van der Waals surface area contributed by atoms with E-state index in [-0.39, 0.29) is 29.1 Å². The average molecular weight is 529 g/mol. The molecule has 0 aliphatic rings. The van der Waals surface area contributed by atoms with Gasteiger partial charge in [-0.15, -0.1) is 11.3 Å². The van der Waals surface area contributed by atoms with E-state index in [1.165, 1.54) is 55.2 Å². The van der Waals surface area contributed by atoms with E-state index in [9.17, 15) is 18.0 Å².